The van der Waals surface area contributed by atoms with Crippen LogP contribution >= 0.6 is 11.8 Å². The number of esters is 1. The summed E-state index contributed by atoms with van der Waals surface area (Å²) in [6.07, 6.45) is 1.82. The van der Waals surface area contributed by atoms with Gasteiger partial charge in [-0.1, -0.05) is 0 Å². The number of ether oxygens (including phenoxy) is 2. The fourth-order valence-corrected chi connectivity index (χ4v) is 2.63. The van der Waals surface area contributed by atoms with E-state index in [4.69, 9.17) is 9.47 Å². The van der Waals surface area contributed by atoms with Gasteiger partial charge in [0.1, 0.15) is 0 Å². The maximum absolute atomic E-state index is 12.2. The van der Waals surface area contributed by atoms with Crippen LogP contribution < -0.4 is 5.32 Å². The van der Waals surface area contributed by atoms with Crippen molar-refractivity contribution in [3.8, 4) is 0 Å². The van der Waals surface area contributed by atoms with E-state index in [0.717, 1.165) is 12.8 Å². The monoisotopic (exact) mass is 363 g/mol. The number of carbonyl (C=O) groups excluding carboxylic acids is 2. The number of rotatable bonds is 6. The van der Waals surface area contributed by atoms with Crippen molar-refractivity contribution in [1.82, 2.24) is 5.32 Å². The Morgan fingerprint density at radius 1 is 1.29 bits per heavy atom. The van der Waals surface area contributed by atoms with Crippen molar-refractivity contribution < 1.29 is 32.2 Å². The van der Waals surface area contributed by atoms with Crippen LogP contribution in [0.5, 0.6) is 0 Å². The van der Waals surface area contributed by atoms with E-state index in [0.29, 0.717) is 13.2 Å². The van der Waals surface area contributed by atoms with Crippen LogP contribution in [0.3, 0.4) is 0 Å². The average Bonchev–Trinajstić information content (AvgIpc) is 3.03. The highest BCUT2D eigenvalue weighted by molar-refractivity contribution is 8.00. The molecule has 1 aromatic rings. The highest BCUT2D eigenvalue weighted by Gasteiger charge is 2.29. The Labute approximate surface area is 140 Å². The molecule has 1 fully saturated rings. The molecule has 0 spiro atoms. The Kier molecular flexibility index (Phi) is 6.50. The molecule has 0 aliphatic carbocycles. The van der Waals surface area contributed by atoms with E-state index >= 15 is 0 Å². The van der Waals surface area contributed by atoms with Crippen LogP contribution in [-0.2, 0) is 14.3 Å². The van der Waals surface area contributed by atoms with Gasteiger partial charge in [-0.25, -0.2) is 4.79 Å². The minimum absolute atomic E-state index is 0.0108. The highest BCUT2D eigenvalue weighted by Crippen LogP contribution is 2.36. The van der Waals surface area contributed by atoms with Gasteiger partial charge in [0.25, 0.3) is 5.91 Å². The van der Waals surface area contributed by atoms with Crippen molar-refractivity contribution >= 4 is 23.6 Å². The number of benzene rings is 1. The normalized spacial score (nSPS) is 17.5. The minimum Gasteiger partial charge on any atom is -0.452 e. The number of hydrogen-bond donors (Lipinski definition) is 1. The van der Waals surface area contributed by atoms with Crippen molar-refractivity contribution in [1.29, 1.82) is 0 Å². The van der Waals surface area contributed by atoms with E-state index in [-0.39, 0.29) is 28.3 Å². The molecule has 0 radical (unpaired) electrons. The Morgan fingerprint density at radius 3 is 2.58 bits per heavy atom. The largest absolute Gasteiger partial charge is 0.452 e. The quantitative estimate of drug-likeness (QED) is 0.622. The van der Waals surface area contributed by atoms with Crippen LogP contribution in [0.4, 0.5) is 13.2 Å². The molecule has 0 bridgehead atoms. The third-order valence-electron chi connectivity index (χ3n) is 3.21. The van der Waals surface area contributed by atoms with Gasteiger partial charge < -0.3 is 14.8 Å². The molecular weight excluding hydrogens is 347 g/mol. The van der Waals surface area contributed by atoms with Crippen molar-refractivity contribution in [3.05, 3.63) is 29.8 Å². The summed E-state index contributed by atoms with van der Waals surface area (Å²) < 4.78 is 46.8. The van der Waals surface area contributed by atoms with E-state index in [1.54, 1.807) is 0 Å². The number of alkyl halides is 3. The van der Waals surface area contributed by atoms with E-state index in [1.165, 1.54) is 24.3 Å². The van der Waals surface area contributed by atoms with Crippen molar-refractivity contribution in [2.24, 2.45) is 0 Å². The molecule has 24 heavy (non-hydrogen) atoms. The maximum Gasteiger partial charge on any atom is 0.446 e. The zero-order valence-corrected chi connectivity index (χ0v) is 13.4. The van der Waals surface area contributed by atoms with Gasteiger partial charge in [0, 0.05) is 18.0 Å². The second-order valence-electron chi connectivity index (χ2n) is 5.09. The minimum atomic E-state index is -4.39. The average molecular weight is 363 g/mol. The molecule has 1 aliphatic heterocycles. The fourth-order valence-electron chi connectivity index (χ4n) is 2.09. The van der Waals surface area contributed by atoms with Crippen molar-refractivity contribution in [2.75, 3.05) is 19.8 Å². The molecule has 132 valence electrons. The fraction of sp³-hybridized carbons (Fsp3) is 0.467. The van der Waals surface area contributed by atoms with Crippen LogP contribution in [0.1, 0.15) is 23.2 Å². The first-order chi connectivity index (χ1) is 11.3. The molecule has 2 rings (SSSR count). The summed E-state index contributed by atoms with van der Waals surface area (Å²) in [4.78, 5) is 23.3. The lowest BCUT2D eigenvalue weighted by atomic mass is 10.2. The lowest BCUT2D eigenvalue weighted by Crippen LogP contribution is -2.34. The zero-order chi connectivity index (χ0) is 17.6. The summed E-state index contributed by atoms with van der Waals surface area (Å²) in [5.74, 6) is -1.23. The summed E-state index contributed by atoms with van der Waals surface area (Å²) in [7, 11) is 0. The topological polar surface area (TPSA) is 64.6 Å². The third-order valence-corrected chi connectivity index (χ3v) is 3.95. The second kappa shape index (κ2) is 8.39. The predicted molar refractivity (Wildman–Crippen MR) is 80.6 cm³/mol. The lowest BCUT2D eigenvalue weighted by molar-refractivity contribution is -0.124. The van der Waals surface area contributed by atoms with Gasteiger partial charge in [0.05, 0.1) is 11.7 Å². The number of amides is 1. The van der Waals surface area contributed by atoms with Crippen molar-refractivity contribution in [3.63, 3.8) is 0 Å². The van der Waals surface area contributed by atoms with Crippen LogP contribution in [0.2, 0.25) is 0 Å². The molecule has 5 nitrogen and oxygen atoms in total. The number of halogens is 3. The Morgan fingerprint density at radius 2 is 2.00 bits per heavy atom. The molecule has 1 N–H and O–H groups in total. The van der Waals surface area contributed by atoms with E-state index in [1.807, 2.05) is 0 Å². The smallest absolute Gasteiger partial charge is 0.446 e. The van der Waals surface area contributed by atoms with E-state index in [2.05, 4.69) is 5.32 Å². The zero-order valence-electron chi connectivity index (χ0n) is 12.6. The molecule has 0 aromatic heterocycles. The summed E-state index contributed by atoms with van der Waals surface area (Å²) in [5, 5.41) is 2.60. The summed E-state index contributed by atoms with van der Waals surface area (Å²) in [6.45, 7) is 0.586. The SMILES string of the molecule is O=C(COC(=O)c1ccc(SC(F)(F)F)cc1)NC[C@@H]1CCCO1. The highest BCUT2D eigenvalue weighted by atomic mass is 32.2. The van der Waals surface area contributed by atoms with Gasteiger partial charge in [-0.05, 0) is 48.9 Å². The van der Waals surface area contributed by atoms with Crippen LogP contribution in [-0.4, -0.2) is 43.2 Å². The molecule has 1 amide bonds. The van der Waals surface area contributed by atoms with Crippen LogP contribution in [0, 0.1) is 0 Å². The van der Waals surface area contributed by atoms with Gasteiger partial charge in [-0.15, -0.1) is 0 Å². The molecule has 9 heteroatoms. The number of hydrogen-bond acceptors (Lipinski definition) is 5. The Bertz CT molecular complexity index is 571. The molecule has 1 atom stereocenters. The van der Waals surface area contributed by atoms with Gasteiger partial charge in [-0.3, -0.25) is 4.79 Å². The second-order valence-corrected chi connectivity index (χ2v) is 6.23. The first kappa shape index (κ1) is 18.6. The van der Waals surface area contributed by atoms with Gasteiger partial charge in [0.15, 0.2) is 6.61 Å². The molecule has 0 unspecified atom stereocenters. The summed E-state index contributed by atoms with van der Waals surface area (Å²) >= 11 is -0.270. The van der Waals surface area contributed by atoms with E-state index in [9.17, 15) is 22.8 Å². The standard InChI is InChI=1S/C15H16F3NO4S/c16-15(17,18)24-12-5-3-10(4-6-12)14(21)23-9-13(20)19-8-11-2-1-7-22-11/h3-6,11H,1-2,7-9H2,(H,19,20)/t11-/m0/s1. The molecule has 1 aliphatic rings. The van der Waals surface area contributed by atoms with Crippen LogP contribution in [0.25, 0.3) is 0 Å². The first-order valence-corrected chi connectivity index (χ1v) is 8.06. The van der Waals surface area contributed by atoms with Gasteiger partial charge in [-0.2, -0.15) is 13.2 Å². The van der Waals surface area contributed by atoms with Crippen LogP contribution in [0.15, 0.2) is 29.2 Å². The molecule has 1 heterocycles. The van der Waals surface area contributed by atoms with Gasteiger partial charge >= 0.3 is 11.5 Å². The molecular formula is C15H16F3NO4S. The lowest BCUT2D eigenvalue weighted by Gasteiger charge is -2.11. The number of nitrogens with one attached hydrogen (secondary N) is 1. The maximum atomic E-state index is 12.2. The van der Waals surface area contributed by atoms with Gasteiger partial charge in [0.2, 0.25) is 0 Å². The number of thioether (sulfide) groups is 1. The Hall–Kier alpha value is -1.74. The summed E-state index contributed by atoms with van der Waals surface area (Å²) in [6, 6.07) is 4.79. The Balaban J connectivity index is 1.74. The molecule has 1 aromatic carbocycles. The molecule has 1 saturated heterocycles. The summed E-state index contributed by atoms with van der Waals surface area (Å²) in [5.41, 5.74) is -4.31. The molecule has 0 saturated carbocycles. The first-order valence-electron chi connectivity index (χ1n) is 7.25. The third kappa shape index (κ3) is 6.40. The number of carbonyl (C=O) groups is 2. The van der Waals surface area contributed by atoms with Crippen molar-refractivity contribution in [2.45, 2.75) is 29.3 Å². The predicted octanol–water partition coefficient (Wildman–Crippen LogP) is 2.75. The van der Waals surface area contributed by atoms with E-state index < -0.39 is 24.0 Å².